The van der Waals surface area contributed by atoms with E-state index in [1.165, 1.54) is 4.90 Å². The van der Waals surface area contributed by atoms with E-state index in [2.05, 4.69) is 4.90 Å². The van der Waals surface area contributed by atoms with Crippen molar-refractivity contribution in [2.24, 2.45) is 11.8 Å². The maximum atomic E-state index is 14.5. The summed E-state index contributed by atoms with van der Waals surface area (Å²) in [7, 11) is 0. The monoisotopic (exact) mass is 551 g/mol. The van der Waals surface area contributed by atoms with Crippen LogP contribution in [0.4, 0.5) is 0 Å². The van der Waals surface area contributed by atoms with Gasteiger partial charge in [0.1, 0.15) is 24.2 Å². The van der Waals surface area contributed by atoms with Gasteiger partial charge in [0.2, 0.25) is 11.8 Å². The summed E-state index contributed by atoms with van der Waals surface area (Å²) in [6.45, 7) is 6.02. The molecule has 0 aromatic heterocycles. The number of aliphatic hydroxyl groups is 1. The van der Waals surface area contributed by atoms with E-state index in [0.717, 1.165) is 18.7 Å². The van der Waals surface area contributed by atoms with Gasteiger partial charge < -0.3 is 29.1 Å². The first-order valence-electron chi connectivity index (χ1n) is 14.2. The van der Waals surface area contributed by atoms with Crippen LogP contribution in [0.15, 0.2) is 54.6 Å². The lowest BCUT2D eigenvalue weighted by Gasteiger charge is -2.40. The number of amides is 2. The molecule has 5 heterocycles. The predicted molar refractivity (Wildman–Crippen MR) is 144 cm³/mol. The number of hydrogen-bond donors (Lipinski definition) is 1. The number of likely N-dealkylation sites (tertiary alicyclic amines) is 1. The van der Waals surface area contributed by atoms with E-state index in [0.29, 0.717) is 39.3 Å². The average molecular weight is 552 g/mol. The molecule has 1 N–H and O–H groups in total. The van der Waals surface area contributed by atoms with E-state index in [1.54, 1.807) is 24.0 Å². The van der Waals surface area contributed by atoms with Crippen molar-refractivity contribution >= 4 is 17.8 Å². The van der Waals surface area contributed by atoms with Gasteiger partial charge in [-0.05, 0) is 25.0 Å². The molecule has 1 aromatic rings. The second kappa shape index (κ2) is 10.7. The van der Waals surface area contributed by atoms with E-state index < -0.39 is 41.1 Å². The number of ether oxygens (including phenoxy) is 3. The van der Waals surface area contributed by atoms with Gasteiger partial charge in [0, 0.05) is 32.7 Å². The summed E-state index contributed by atoms with van der Waals surface area (Å²) in [5, 5.41) is 10.6. The Labute approximate surface area is 234 Å². The molecule has 0 saturated carbocycles. The van der Waals surface area contributed by atoms with Crippen molar-refractivity contribution in [3.8, 4) is 0 Å². The number of esters is 1. The van der Waals surface area contributed by atoms with E-state index in [1.807, 2.05) is 42.5 Å². The quantitative estimate of drug-likeness (QED) is 0.384. The molecule has 1 aromatic carbocycles. The van der Waals surface area contributed by atoms with Gasteiger partial charge in [-0.2, -0.15) is 0 Å². The SMILES string of the molecule is C[C@]12C=CCOC(=O)[C@H]1[C@H]1C(=O)N([C@@H](CO)Cc3ccccc3)C3C(=O)N(CCN4CCOCC4)CC=C[C@@]31O2. The third-order valence-corrected chi connectivity index (χ3v) is 9.04. The number of fused-ring (bicyclic) bond motifs is 2. The summed E-state index contributed by atoms with van der Waals surface area (Å²) in [4.78, 5) is 47.8. The molecule has 10 nitrogen and oxygen atoms in total. The summed E-state index contributed by atoms with van der Waals surface area (Å²) < 4.78 is 17.7. The molecule has 6 atom stereocenters. The molecule has 0 bridgehead atoms. The van der Waals surface area contributed by atoms with Crippen LogP contribution in [0, 0.1) is 11.8 Å². The molecule has 214 valence electrons. The van der Waals surface area contributed by atoms with Crippen molar-refractivity contribution in [2.45, 2.75) is 36.6 Å². The zero-order chi connectivity index (χ0) is 27.9. The van der Waals surface area contributed by atoms with E-state index >= 15 is 0 Å². The Bertz CT molecular complexity index is 1200. The molecule has 0 aliphatic carbocycles. The maximum absolute atomic E-state index is 14.5. The van der Waals surface area contributed by atoms with Crippen LogP contribution >= 0.6 is 0 Å². The van der Waals surface area contributed by atoms with Crippen molar-refractivity contribution < 1.29 is 33.7 Å². The maximum Gasteiger partial charge on any atom is 0.313 e. The molecule has 3 fully saturated rings. The van der Waals surface area contributed by atoms with Crippen molar-refractivity contribution in [1.82, 2.24) is 14.7 Å². The topological polar surface area (TPSA) is 109 Å². The fourth-order valence-corrected chi connectivity index (χ4v) is 7.16. The Hall–Kier alpha value is -3.05. The second-order valence-corrected chi connectivity index (χ2v) is 11.4. The Morgan fingerprint density at radius 1 is 1.00 bits per heavy atom. The van der Waals surface area contributed by atoms with Gasteiger partial charge in [0.15, 0.2) is 0 Å². The Morgan fingerprint density at radius 3 is 2.52 bits per heavy atom. The smallest absolute Gasteiger partial charge is 0.313 e. The van der Waals surface area contributed by atoms with Gasteiger partial charge in [-0.3, -0.25) is 19.3 Å². The van der Waals surface area contributed by atoms with Gasteiger partial charge >= 0.3 is 5.97 Å². The minimum atomic E-state index is -1.37. The molecule has 1 unspecified atom stereocenters. The molecule has 5 aliphatic rings. The van der Waals surface area contributed by atoms with Crippen molar-refractivity contribution in [3.05, 3.63) is 60.2 Å². The van der Waals surface area contributed by atoms with Crippen molar-refractivity contribution in [2.75, 3.05) is 59.2 Å². The largest absolute Gasteiger partial charge is 0.461 e. The molecule has 2 amide bonds. The Kier molecular flexibility index (Phi) is 7.28. The van der Waals surface area contributed by atoms with Crippen LogP contribution in [0.1, 0.15) is 12.5 Å². The summed E-state index contributed by atoms with van der Waals surface area (Å²) in [5.74, 6) is -2.99. The zero-order valence-electron chi connectivity index (χ0n) is 22.8. The van der Waals surface area contributed by atoms with Gasteiger partial charge in [-0.15, -0.1) is 0 Å². The minimum Gasteiger partial charge on any atom is -0.461 e. The fraction of sp³-hybridized carbons (Fsp3) is 0.567. The van der Waals surface area contributed by atoms with Gasteiger partial charge in [-0.1, -0.05) is 48.6 Å². The number of cyclic esters (lactones) is 1. The van der Waals surface area contributed by atoms with Crippen LogP contribution < -0.4 is 0 Å². The van der Waals surface area contributed by atoms with Crippen LogP contribution in [0.5, 0.6) is 0 Å². The fourth-order valence-electron chi connectivity index (χ4n) is 7.16. The number of rotatable bonds is 7. The summed E-state index contributed by atoms with van der Waals surface area (Å²) in [6.07, 6.45) is 7.59. The molecular formula is C30H37N3O7. The summed E-state index contributed by atoms with van der Waals surface area (Å²) in [6, 6.07) is 7.88. The van der Waals surface area contributed by atoms with Crippen molar-refractivity contribution in [1.29, 1.82) is 0 Å². The first kappa shape index (κ1) is 27.1. The van der Waals surface area contributed by atoms with Crippen LogP contribution in [0.25, 0.3) is 0 Å². The van der Waals surface area contributed by atoms with Crippen LogP contribution in [0.2, 0.25) is 0 Å². The predicted octanol–water partition coefficient (Wildman–Crippen LogP) is 0.405. The van der Waals surface area contributed by atoms with E-state index in [4.69, 9.17) is 14.2 Å². The first-order valence-corrected chi connectivity index (χ1v) is 14.2. The highest BCUT2D eigenvalue weighted by Gasteiger charge is 2.75. The number of benzene rings is 1. The number of aliphatic hydroxyl groups excluding tert-OH is 1. The first-order chi connectivity index (χ1) is 19.4. The lowest BCUT2D eigenvalue weighted by molar-refractivity contribution is -0.159. The number of hydrogen-bond acceptors (Lipinski definition) is 8. The molecular weight excluding hydrogens is 514 g/mol. The number of carbonyl (C=O) groups is 3. The molecule has 1 spiro atoms. The third kappa shape index (κ3) is 4.47. The molecule has 40 heavy (non-hydrogen) atoms. The minimum absolute atomic E-state index is 0.104. The zero-order valence-corrected chi connectivity index (χ0v) is 22.8. The highest BCUT2D eigenvalue weighted by molar-refractivity contribution is 5.99. The number of nitrogens with zero attached hydrogens (tertiary/aromatic N) is 3. The Morgan fingerprint density at radius 2 is 1.77 bits per heavy atom. The lowest BCUT2D eigenvalue weighted by atomic mass is 9.75. The highest BCUT2D eigenvalue weighted by atomic mass is 16.6. The van der Waals surface area contributed by atoms with Crippen molar-refractivity contribution in [3.63, 3.8) is 0 Å². The molecule has 5 aliphatic heterocycles. The molecule has 6 rings (SSSR count). The lowest BCUT2D eigenvalue weighted by Crippen LogP contribution is -2.59. The van der Waals surface area contributed by atoms with Crippen LogP contribution in [-0.4, -0.2) is 120 Å². The van der Waals surface area contributed by atoms with E-state index in [9.17, 15) is 19.5 Å². The number of morpholine rings is 1. The van der Waals surface area contributed by atoms with Crippen LogP contribution in [-0.2, 0) is 35.0 Å². The summed E-state index contributed by atoms with van der Waals surface area (Å²) in [5.41, 5.74) is -1.55. The van der Waals surface area contributed by atoms with Gasteiger partial charge in [-0.25, -0.2) is 0 Å². The standard InChI is InChI=1S/C30H37N3O7/c1-29-9-6-16-39-28(37)24(29)23-26(35)33(22(20-34)19-21-7-3-2-4-8-21)25-27(36)32(11-5-10-30(23,25)40-29)13-12-31-14-17-38-18-15-31/h2-10,22-25,34H,11-20H2,1H3/t22-,23+,24-,25?,29+,30+/m1/s1. The van der Waals surface area contributed by atoms with Crippen LogP contribution in [0.3, 0.4) is 0 Å². The Balaban J connectivity index is 1.39. The number of carbonyl (C=O) groups excluding carboxylic acids is 3. The third-order valence-electron chi connectivity index (χ3n) is 9.04. The molecule has 0 radical (unpaired) electrons. The van der Waals surface area contributed by atoms with E-state index in [-0.39, 0.29) is 25.0 Å². The normalized spacial score (nSPS) is 34.6. The summed E-state index contributed by atoms with van der Waals surface area (Å²) >= 11 is 0. The second-order valence-electron chi connectivity index (χ2n) is 11.4. The molecule has 3 saturated heterocycles. The average Bonchev–Trinajstić information content (AvgIpc) is 3.23. The molecule has 10 heteroatoms. The van der Waals surface area contributed by atoms with Gasteiger partial charge in [0.25, 0.3) is 0 Å². The highest BCUT2D eigenvalue weighted by Crippen LogP contribution is 2.57. The van der Waals surface area contributed by atoms with Gasteiger partial charge in [0.05, 0.1) is 37.4 Å².